The summed E-state index contributed by atoms with van der Waals surface area (Å²) in [6.07, 6.45) is 1.76. The number of hydrogen-bond acceptors (Lipinski definition) is 2. The van der Waals surface area contributed by atoms with Gasteiger partial charge in [0.15, 0.2) is 0 Å². The standard InChI is InChI=1S/C7H13NOS/c1-4-5-10-7(2,3)6(8)9/h4H,1,5H2,2-3H3,(H2,8,9). The number of primary amides is 1. The molecule has 0 saturated heterocycles. The van der Waals surface area contributed by atoms with Gasteiger partial charge in [-0.15, -0.1) is 18.3 Å². The lowest BCUT2D eigenvalue weighted by Crippen LogP contribution is -2.34. The Morgan fingerprint density at radius 3 is 2.60 bits per heavy atom. The Morgan fingerprint density at radius 1 is 1.80 bits per heavy atom. The van der Waals surface area contributed by atoms with E-state index in [0.717, 1.165) is 5.75 Å². The first kappa shape index (κ1) is 9.56. The van der Waals surface area contributed by atoms with Crippen molar-refractivity contribution >= 4 is 17.7 Å². The van der Waals surface area contributed by atoms with Crippen molar-refractivity contribution in [2.24, 2.45) is 5.73 Å². The van der Waals surface area contributed by atoms with Gasteiger partial charge in [-0.1, -0.05) is 6.08 Å². The van der Waals surface area contributed by atoms with Gasteiger partial charge in [0.1, 0.15) is 0 Å². The van der Waals surface area contributed by atoms with Crippen LogP contribution < -0.4 is 5.73 Å². The monoisotopic (exact) mass is 159 g/mol. The average molecular weight is 159 g/mol. The maximum Gasteiger partial charge on any atom is 0.233 e. The van der Waals surface area contributed by atoms with Crippen LogP contribution in [0.15, 0.2) is 12.7 Å². The minimum atomic E-state index is -0.464. The van der Waals surface area contributed by atoms with Gasteiger partial charge in [-0.2, -0.15) is 0 Å². The second-order valence-corrected chi connectivity index (χ2v) is 4.12. The Bertz CT molecular complexity index is 143. The van der Waals surface area contributed by atoms with Crippen LogP contribution in [0.25, 0.3) is 0 Å². The summed E-state index contributed by atoms with van der Waals surface area (Å²) in [6.45, 7) is 7.17. The van der Waals surface area contributed by atoms with Crippen molar-refractivity contribution in [2.75, 3.05) is 5.75 Å². The fourth-order valence-electron chi connectivity index (χ4n) is 0.338. The van der Waals surface area contributed by atoms with Crippen LogP contribution in [-0.2, 0) is 4.79 Å². The molecule has 0 aliphatic rings. The molecule has 0 aromatic heterocycles. The molecule has 0 bridgehead atoms. The zero-order valence-corrected chi connectivity index (χ0v) is 7.20. The third kappa shape index (κ3) is 2.92. The average Bonchev–Trinajstić information content (AvgIpc) is 1.84. The number of thioether (sulfide) groups is 1. The van der Waals surface area contributed by atoms with Gasteiger partial charge in [0.25, 0.3) is 0 Å². The first-order valence-corrected chi connectivity index (χ1v) is 4.04. The molecule has 58 valence electrons. The highest BCUT2D eigenvalue weighted by molar-refractivity contribution is 8.01. The molecule has 0 fully saturated rings. The Morgan fingerprint density at radius 2 is 2.30 bits per heavy atom. The van der Waals surface area contributed by atoms with E-state index in [1.165, 1.54) is 11.8 Å². The summed E-state index contributed by atoms with van der Waals surface area (Å²) in [7, 11) is 0. The van der Waals surface area contributed by atoms with Crippen molar-refractivity contribution in [3.8, 4) is 0 Å². The highest BCUT2D eigenvalue weighted by Gasteiger charge is 2.24. The smallest absolute Gasteiger partial charge is 0.233 e. The number of carbonyl (C=O) groups is 1. The third-order valence-electron chi connectivity index (χ3n) is 1.16. The Hall–Kier alpha value is -0.440. The number of nitrogens with two attached hydrogens (primary N) is 1. The molecule has 0 saturated carbocycles. The lowest BCUT2D eigenvalue weighted by Gasteiger charge is -2.17. The molecule has 0 aromatic carbocycles. The quantitative estimate of drug-likeness (QED) is 0.626. The molecule has 0 heterocycles. The Balaban J connectivity index is 3.86. The molecular weight excluding hydrogens is 146 g/mol. The van der Waals surface area contributed by atoms with Gasteiger partial charge in [0.2, 0.25) is 5.91 Å². The van der Waals surface area contributed by atoms with Crippen LogP contribution in [-0.4, -0.2) is 16.4 Å². The van der Waals surface area contributed by atoms with Gasteiger partial charge < -0.3 is 5.73 Å². The highest BCUT2D eigenvalue weighted by atomic mass is 32.2. The zero-order chi connectivity index (χ0) is 8.20. The molecule has 0 spiro atoms. The van der Waals surface area contributed by atoms with E-state index in [-0.39, 0.29) is 5.91 Å². The lowest BCUT2D eigenvalue weighted by molar-refractivity contribution is -0.119. The minimum absolute atomic E-state index is 0.278. The second kappa shape index (κ2) is 3.66. The van der Waals surface area contributed by atoms with Gasteiger partial charge in [0.05, 0.1) is 4.75 Å². The van der Waals surface area contributed by atoms with Gasteiger partial charge in [-0.05, 0) is 13.8 Å². The van der Waals surface area contributed by atoms with Crippen molar-refractivity contribution in [1.29, 1.82) is 0 Å². The fourth-order valence-corrected chi connectivity index (χ4v) is 1.02. The molecule has 1 amide bonds. The fraction of sp³-hybridized carbons (Fsp3) is 0.571. The number of amides is 1. The molecule has 10 heavy (non-hydrogen) atoms. The van der Waals surface area contributed by atoms with Crippen molar-refractivity contribution in [1.82, 2.24) is 0 Å². The van der Waals surface area contributed by atoms with Gasteiger partial charge in [-0.25, -0.2) is 0 Å². The van der Waals surface area contributed by atoms with Crippen LogP contribution >= 0.6 is 11.8 Å². The molecule has 2 nitrogen and oxygen atoms in total. The van der Waals surface area contributed by atoms with E-state index in [4.69, 9.17) is 5.73 Å². The largest absolute Gasteiger partial charge is 0.368 e. The number of rotatable bonds is 4. The summed E-state index contributed by atoms with van der Waals surface area (Å²) in [6, 6.07) is 0. The molecule has 0 rings (SSSR count). The third-order valence-corrected chi connectivity index (χ3v) is 2.48. The Kier molecular flexibility index (Phi) is 3.50. The molecule has 2 N–H and O–H groups in total. The predicted molar refractivity (Wildman–Crippen MR) is 45.9 cm³/mol. The first-order valence-electron chi connectivity index (χ1n) is 3.05. The van der Waals surface area contributed by atoms with Crippen LogP contribution in [0.3, 0.4) is 0 Å². The molecule has 0 atom stereocenters. The van der Waals surface area contributed by atoms with E-state index < -0.39 is 4.75 Å². The molecule has 3 heteroatoms. The summed E-state index contributed by atoms with van der Waals surface area (Å²) in [5, 5.41) is 0. The van der Waals surface area contributed by atoms with Crippen LogP contribution in [0.2, 0.25) is 0 Å². The molecule has 0 aliphatic carbocycles. The summed E-state index contributed by atoms with van der Waals surface area (Å²) in [5.74, 6) is 0.481. The van der Waals surface area contributed by atoms with E-state index in [9.17, 15) is 4.79 Å². The van der Waals surface area contributed by atoms with Crippen molar-refractivity contribution < 1.29 is 4.79 Å². The van der Waals surface area contributed by atoms with Crippen molar-refractivity contribution in [3.05, 3.63) is 12.7 Å². The normalized spacial score (nSPS) is 11.0. The zero-order valence-electron chi connectivity index (χ0n) is 6.39. The molecule has 0 aromatic rings. The van der Waals surface area contributed by atoms with Gasteiger partial charge in [0, 0.05) is 5.75 Å². The Labute approximate surface area is 65.9 Å². The van der Waals surface area contributed by atoms with Crippen LogP contribution in [0.5, 0.6) is 0 Å². The minimum Gasteiger partial charge on any atom is -0.368 e. The van der Waals surface area contributed by atoms with Gasteiger partial charge in [-0.3, -0.25) is 4.79 Å². The van der Waals surface area contributed by atoms with E-state index in [1.807, 2.05) is 13.8 Å². The van der Waals surface area contributed by atoms with E-state index in [1.54, 1.807) is 6.08 Å². The van der Waals surface area contributed by atoms with Crippen LogP contribution in [0.4, 0.5) is 0 Å². The number of hydrogen-bond donors (Lipinski definition) is 1. The lowest BCUT2D eigenvalue weighted by atomic mass is 10.2. The topological polar surface area (TPSA) is 43.1 Å². The van der Waals surface area contributed by atoms with Gasteiger partial charge >= 0.3 is 0 Å². The highest BCUT2D eigenvalue weighted by Crippen LogP contribution is 2.23. The van der Waals surface area contributed by atoms with Crippen molar-refractivity contribution in [3.63, 3.8) is 0 Å². The second-order valence-electron chi connectivity index (χ2n) is 2.47. The number of carbonyl (C=O) groups excluding carboxylic acids is 1. The van der Waals surface area contributed by atoms with Crippen molar-refractivity contribution in [2.45, 2.75) is 18.6 Å². The summed E-state index contributed by atoms with van der Waals surface area (Å²) >= 11 is 1.49. The molecule has 0 radical (unpaired) electrons. The summed E-state index contributed by atoms with van der Waals surface area (Å²) in [4.78, 5) is 10.7. The first-order chi connectivity index (χ1) is 4.50. The van der Waals surface area contributed by atoms with E-state index in [0.29, 0.717) is 0 Å². The molecule has 0 unspecified atom stereocenters. The molecule has 0 aliphatic heterocycles. The van der Waals surface area contributed by atoms with Crippen LogP contribution in [0, 0.1) is 0 Å². The molecular formula is C7H13NOS. The van der Waals surface area contributed by atoms with Crippen LogP contribution in [0.1, 0.15) is 13.8 Å². The summed E-state index contributed by atoms with van der Waals surface area (Å²) < 4.78 is -0.464. The van der Waals surface area contributed by atoms with E-state index >= 15 is 0 Å². The maximum atomic E-state index is 10.7. The van der Waals surface area contributed by atoms with E-state index in [2.05, 4.69) is 6.58 Å². The maximum absolute atomic E-state index is 10.7. The SMILES string of the molecule is C=CCSC(C)(C)C(N)=O. The summed E-state index contributed by atoms with van der Waals surface area (Å²) in [5.41, 5.74) is 5.12. The predicted octanol–water partition coefficient (Wildman–Crippen LogP) is 1.17.